The SMILES string of the molecule is CNc1ccc(C(=O)NC2CC3CCC2O3)cc1. The Morgan fingerprint density at radius 2 is 2.06 bits per heavy atom. The van der Waals surface area contributed by atoms with Crippen LogP contribution in [0.25, 0.3) is 0 Å². The zero-order valence-electron chi connectivity index (χ0n) is 10.5. The van der Waals surface area contributed by atoms with Crippen molar-refractivity contribution < 1.29 is 9.53 Å². The molecule has 2 bridgehead atoms. The van der Waals surface area contributed by atoms with Gasteiger partial charge in [0.15, 0.2) is 0 Å². The lowest BCUT2D eigenvalue weighted by molar-refractivity contribution is 0.0841. The lowest BCUT2D eigenvalue weighted by Gasteiger charge is -2.20. The summed E-state index contributed by atoms with van der Waals surface area (Å²) in [5.41, 5.74) is 1.71. The Morgan fingerprint density at radius 1 is 1.28 bits per heavy atom. The molecule has 2 aliphatic heterocycles. The Kier molecular flexibility index (Phi) is 2.96. The highest BCUT2D eigenvalue weighted by molar-refractivity contribution is 5.94. The normalized spacial score (nSPS) is 29.3. The predicted molar refractivity (Wildman–Crippen MR) is 69.8 cm³/mol. The summed E-state index contributed by atoms with van der Waals surface area (Å²) in [5.74, 6) is -0.00111. The number of carbonyl (C=O) groups is 1. The van der Waals surface area contributed by atoms with Crippen LogP contribution in [0, 0.1) is 0 Å². The second kappa shape index (κ2) is 4.61. The van der Waals surface area contributed by atoms with Gasteiger partial charge >= 0.3 is 0 Å². The zero-order chi connectivity index (χ0) is 12.5. The molecule has 3 unspecified atom stereocenters. The fourth-order valence-electron chi connectivity index (χ4n) is 2.83. The average molecular weight is 246 g/mol. The standard InChI is InChI=1S/C14H18N2O2/c1-15-10-4-2-9(3-5-10)14(17)16-12-8-11-6-7-13(12)18-11/h2-5,11-13,15H,6-8H2,1H3,(H,16,17). The van der Waals surface area contributed by atoms with Crippen LogP contribution in [0.4, 0.5) is 5.69 Å². The van der Waals surface area contributed by atoms with Crippen LogP contribution in [0.15, 0.2) is 24.3 Å². The molecule has 2 N–H and O–H groups in total. The van der Waals surface area contributed by atoms with E-state index in [2.05, 4.69) is 10.6 Å². The number of fused-ring (bicyclic) bond motifs is 2. The Bertz CT molecular complexity index is 444. The van der Waals surface area contributed by atoms with Crippen LogP contribution in [0.5, 0.6) is 0 Å². The molecule has 96 valence electrons. The number of nitrogens with one attached hydrogen (secondary N) is 2. The summed E-state index contributed by atoms with van der Waals surface area (Å²) in [5, 5.41) is 6.12. The summed E-state index contributed by atoms with van der Waals surface area (Å²) < 4.78 is 5.73. The molecule has 2 heterocycles. The second-order valence-electron chi connectivity index (χ2n) is 5.02. The molecule has 1 amide bonds. The molecule has 0 saturated carbocycles. The Hall–Kier alpha value is -1.55. The van der Waals surface area contributed by atoms with Gasteiger partial charge in [0.1, 0.15) is 0 Å². The topological polar surface area (TPSA) is 50.4 Å². The van der Waals surface area contributed by atoms with Gasteiger partial charge in [0.2, 0.25) is 0 Å². The van der Waals surface area contributed by atoms with E-state index < -0.39 is 0 Å². The van der Waals surface area contributed by atoms with Crippen molar-refractivity contribution in [3.8, 4) is 0 Å². The van der Waals surface area contributed by atoms with Crippen LogP contribution in [0.2, 0.25) is 0 Å². The summed E-state index contributed by atoms with van der Waals surface area (Å²) in [4.78, 5) is 12.1. The van der Waals surface area contributed by atoms with Gasteiger partial charge < -0.3 is 15.4 Å². The second-order valence-corrected chi connectivity index (χ2v) is 5.02. The minimum atomic E-state index is -0.00111. The van der Waals surface area contributed by atoms with E-state index in [1.807, 2.05) is 31.3 Å². The van der Waals surface area contributed by atoms with Crippen molar-refractivity contribution in [3.05, 3.63) is 29.8 Å². The zero-order valence-corrected chi connectivity index (χ0v) is 10.5. The van der Waals surface area contributed by atoms with Crippen molar-refractivity contribution in [1.29, 1.82) is 0 Å². The van der Waals surface area contributed by atoms with Crippen LogP contribution >= 0.6 is 0 Å². The molecule has 4 heteroatoms. The van der Waals surface area contributed by atoms with Crippen LogP contribution in [-0.2, 0) is 4.74 Å². The van der Waals surface area contributed by atoms with Crippen molar-refractivity contribution in [3.63, 3.8) is 0 Å². The molecular weight excluding hydrogens is 228 g/mol. The predicted octanol–water partition coefficient (Wildman–Crippen LogP) is 1.78. The maximum absolute atomic E-state index is 12.1. The van der Waals surface area contributed by atoms with Crippen molar-refractivity contribution in [2.24, 2.45) is 0 Å². The number of anilines is 1. The lowest BCUT2D eigenvalue weighted by Crippen LogP contribution is -2.41. The molecule has 4 nitrogen and oxygen atoms in total. The van der Waals surface area contributed by atoms with Crippen molar-refractivity contribution >= 4 is 11.6 Å². The van der Waals surface area contributed by atoms with Gasteiger partial charge in [-0.3, -0.25) is 4.79 Å². The number of hydrogen-bond acceptors (Lipinski definition) is 3. The smallest absolute Gasteiger partial charge is 0.251 e. The van der Waals surface area contributed by atoms with Crippen molar-refractivity contribution in [2.45, 2.75) is 37.5 Å². The number of ether oxygens (including phenoxy) is 1. The van der Waals surface area contributed by atoms with Gasteiger partial charge in [-0.25, -0.2) is 0 Å². The minimum Gasteiger partial charge on any atom is -0.388 e. The van der Waals surface area contributed by atoms with E-state index in [9.17, 15) is 4.79 Å². The fraction of sp³-hybridized carbons (Fsp3) is 0.500. The van der Waals surface area contributed by atoms with Crippen LogP contribution in [0.1, 0.15) is 29.6 Å². The minimum absolute atomic E-state index is 0.00111. The molecule has 0 spiro atoms. The molecule has 0 radical (unpaired) electrons. The third-order valence-corrected chi connectivity index (χ3v) is 3.86. The molecule has 2 aliphatic rings. The highest BCUT2D eigenvalue weighted by Crippen LogP contribution is 2.34. The summed E-state index contributed by atoms with van der Waals surface area (Å²) >= 11 is 0. The quantitative estimate of drug-likeness (QED) is 0.854. The molecule has 1 aromatic rings. The average Bonchev–Trinajstić information content (AvgIpc) is 3.01. The number of hydrogen-bond donors (Lipinski definition) is 2. The number of carbonyl (C=O) groups excluding carboxylic acids is 1. The van der Waals surface area contributed by atoms with Gasteiger partial charge in [-0.05, 0) is 43.5 Å². The van der Waals surface area contributed by atoms with E-state index in [1.54, 1.807) is 0 Å². The van der Waals surface area contributed by atoms with Gasteiger partial charge in [0.05, 0.1) is 18.2 Å². The Labute approximate surface area is 107 Å². The number of amides is 1. The maximum atomic E-state index is 12.1. The van der Waals surface area contributed by atoms with Crippen LogP contribution in [0.3, 0.4) is 0 Å². The number of rotatable bonds is 3. The molecular formula is C14H18N2O2. The summed E-state index contributed by atoms with van der Waals surface area (Å²) in [6, 6.07) is 7.70. The van der Waals surface area contributed by atoms with E-state index in [-0.39, 0.29) is 18.1 Å². The first-order chi connectivity index (χ1) is 8.76. The number of benzene rings is 1. The Balaban J connectivity index is 1.64. The van der Waals surface area contributed by atoms with E-state index >= 15 is 0 Å². The van der Waals surface area contributed by atoms with Gasteiger partial charge in [0, 0.05) is 18.3 Å². The summed E-state index contributed by atoms with van der Waals surface area (Å²) in [6.45, 7) is 0. The summed E-state index contributed by atoms with van der Waals surface area (Å²) in [7, 11) is 1.86. The highest BCUT2D eigenvalue weighted by Gasteiger charge is 2.41. The fourth-order valence-corrected chi connectivity index (χ4v) is 2.83. The largest absolute Gasteiger partial charge is 0.388 e. The molecule has 2 saturated heterocycles. The third-order valence-electron chi connectivity index (χ3n) is 3.86. The molecule has 0 aromatic heterocycles. The first-order valence-corrected chi connectivity index (χ1v) is 6.50. The molecule has 2 fully saturated rings. The Morgan fingerprint density at radius 3 is 2.61 bits per heavy atom. The van der Waals surface area contributed by atoms with Gasteiger partial charge in [-0.1, -0.05) is 0 Å². The first kappa shape index (κ1) is 11.5. The van der Waals surface area contributed by atoms with Gasteiger partial charge in [0.25, 0.3) is 5.91 Å². The first-order valence-electron chi connectivity index (χ1n) is 6.50. The van der Waals surface area contributed by atoms with Crippen LogP contribution in [-0.4, -0.2) is 31.2 Å². The third kappa shape index (κ3) is 2.08. The lowest BCUT2D eigenvalue weighted by atomic mass is 9.95. The summed E-state index contributed by atoms with van der Waals surface area (Å²) in [6.07, 6.45) is 3.79. The van der Waals surface area contributed by atoms with Crippen molar-refractivity contribution in [2.75, 3.05) is 12.4 Å². The monoisotopic (exact) mass is 246 g/mol. The molecule has 18 heavy (non-hydrogen) atoms. The van der Waals surface area contributed by atoms with Crippen molar-refractivity contribution in [1.82, 2.24) is 5.32 Å². The van der Waals surface area contributed by atoms with Crippen LogP contribution < -0.4 is 10.6 Å². The van der Waals surface area contributed by atoms with E-state index in [1.165, 1.54) is 0 Å². The van der Waals surface area contributed by atoms with E-state index in [0.29, 0.717) is 11.7 Å². The molecule has 3 rings (SSSR count). The maximum Gasteiger partial charge on any atom is 0.251 e. The van der Waals surface area contributed by atoms with Gasteiger partial charge in [-0.15, -0.1) is 0 Å². The molecule has 0 aliphatic carbocycles. The van der Waals surface area contributed by atoms with E-state index in [4.69, 9.17) is 4.74 Å². The van der Waals surface area contributed by atoms with Gasteiger partial charge in [-0.2, -0.15) is 0 Å². The molecule has 1 aromatic carbocycles. The highest BCUT2D eigenvalue weighted by atomic mass is 16.5. The molecule has 3 atom stereocenters. The van der Waals surface area contributed by atoms with E-state index in [0.717, 1.165) is 24.9 Å².